The maximum Gasteiger partial charge on any atom is 0.247 e. The third-order valence-corrected chi connectivity index (χ3v) is 4.05. The number of anilines is 1. The number of aryl methyl sites for hydroxylation is 1. The van der Waals surface area contributed by atoms with E-state index in [0.29, 0.717) is 5.13 Å². The van der Waals surface area contributed by atoms with E-state index in [0.717, 1.165) is 22.2 Å². The van der Waals surface area contributed by atoms with E-state index in [1.54, 1.807) is 17.1 Å². The maximum absolute atomic E-state index is 12.0. The highest BCUT2D eigenvalue weighted by Gasteiger charge is 2.09. The van der Waals surface area contributed by atoms with E-state index in [2.05, 4.69) is 22.3 Å². The number of carbonyl (C=O) groups is 1. The van der Waals surface area contributed by atoms with E-state index >= 15 is 0 Å². The smallest absolute Gasteiger partial charge is 0.247 e. The lowest BCUT2D eigenvalue weighted by Crippen LogP contribution is -2.19. The molecule has 0 spiro atoms. The number of nitrogens with one attached hydrogen (secondary N) is 1. The first-order valence-corrected chi connectivity index (χ1v) is 7.23. The van der Waals surface area contributed by atoms with Crippen LogP contribution in [0, 0.1) is 0 Å². The lowest BCUT2D eigenvalue weighted by Gasteiger charge is -2.03. The Balaban J connectivity index is 1.72. The zero-order chi connectivity index (χ0) is 13.9. The molecular weight excluding hydrogens is 272 g/mol. The molecule has 0 unspecified atom stereocenters. The topological polar surface area (TPSA) is 59.8 Å². The number of thiazole rings is 1. The Morgan fingerprint density at radius 2 is 2.20 bits per heavy atom. The summed E-state index contributed by atoms with van der Waals surface area (Å²) in [6.07, 6.45) is 4.49. The van der Waals surface area contributed by atoms with E-state index in [9.17, 15) is 4.79 Å². The van der Waals surface area contributed by atoms with Gasteiger partial charge in [0.1, 0.15) is 6.54 Å². The van der Waals surface area contributed by atoms with E-state index < -0.39 is 0 Å². The van der Waals surface area contributed by atoms with Crippen molar-refractivity contribution in [2.24, 2.45) is 0 Å². The highest BCUT2D eigenvalue weighted by Crippen LogP contribution is 2.18. The second-order valence-corrected chi connectivity index (χ2v) is 5.51. The lowest BCUT2D eigenvalue weighted by molar-refractivity contribution is -0.116. The molecule has 3 rings (SSSR count). The number of aromatic nitrogens is 3. The van der Waals surface area contributed by atoms with Gasteiger partial charge in [0.15, 0.2) is 5.13 Å². The fraction of sp³-hybridized carbons (Fsp3) is 0.214. The van der Waals surface area contributed by atoms with Gasteiger partial charge in [-0.2, -0.15) is 5.10 Å². The average molecular weight is 286 g/mol. The summed E-state index contributed by atoms with van der Waals surface area (Å²) in [7, 11) is 0. The van der Waals surface area contributed by atoms with Gasteiger partial charge < -0.3 is 5.32 Å². The van der Waals surface area contributed by atoms with Gasteiger partial charge in [-0.3, -0.25) is 9.48 Å². The molecule has 1 aromatic carbocycles. The third kappa shape index (κ3) is 2.55. The number of benzene rings is 1. The molecule has 1 N–H and O–H groups in total. The van der Waals surface area contributed by atoms with Crippen molar-refractivity contribution in [3.05, 3.63) is 41.5 Å². The van der Waals surface area contributed by atoms with Crippen LogP contribution in [0.5, 0.6) is 0 Å². The minimum absolute atomic E-state index is 0.115. The van der Waals surface area contributed by atoms with E-state index in [4.69, 9.17) is 0 Å². The van der Waals surface area contributed by atoms with Crippen LogP contribution in [0.15, 0.2) is 36.7 Å². The van der Waals surface area contributed by atoms with Crippen LogP contribution >= 0.6 is 11.3 Å². The summed E-state index contributed by atoms with van der Waals surface area (Å²) < 4.78 is 1.69. The molecule has 0 saturated heterocycles. The molecule has 0 fully saturated rings. The van der Waals surface area contributed by atoms with Gasteiger partial charge in [0.2, 0.25) is 5.91 Å². The number of rotatable bonds is 4. The lowest BCUT2D eigenvalue weighted by atomic mass is 10.2. The summed E-state index contributed by atoms with van der Waals surface area (Å²) in [5, 5.41) is 8.72. The van der Waals surface area contributed by atoms with Crippen LogP contribution in [-0.4, -0.2) is 20.7 Å². The highest BCUT2D eigenvalue weighted by molar-refractivity contribution is 7.15. The fourth-order valence-electron chi connectivity index (χ4n) is 1.98. The first kappa shape index (κ1) is 12.8. The Bertz CT molecular complexity index is 746. The molecule has 0 bridgehead atoms. The SMILES string of the molecule is CCc1cnc(NC(=O)Cn2ncc3ccccc32)s1. The molecule has 102 valence electrons. The molecule has 0 aliphatic rings. The van der Waals surface area contributed by atoms with Gasteiger partial charge in [0, 0.05) is 16.5 Å². The molecule has 3 aromatic rings. The van der Waals surface area contributed by atoms with Gasteiger partial charge in [0.05, 0.1) is 11.7 Å². The van der Waals surface area contributed by atoms with Crippen molar-refractivity contribution in [3.8, 4) is 0 Å². The summed E-state index contributed by atoms with van der Waals surface area (Å²) in [6.45, 7) is 2.25. The van der Waals surface area contributed by atoms with Crippen molar-refractivity contribution in [3.63, 3.8) is 0 Å². The molecule has 0 radical (unpaired) electrons. The molecule has 6 heteroatoms. The van der Waals surface area contributed by atoms with Crippen LogP contribution in [0.4, 0.5) is 5.13 Å². The average Bonchev–Trinajstić information content (AvgIpc) is 3.06. The zero-order valence-electron chi connectivity index (χ0n) is 11.0. The molecular formula is C14H14N4OS. The minimum atomic E-state index is -0.115. The Labute approximate surface area is 120 Å². The normalized spacial score (nSPS) is 10.8. The van der Waals surface area contributed by atoms with Crippen LogP contribution in [0.2, 0.25) is 0 Å². The monoisotopic (exact) mass is 286 g/mol. The number of carbonyl (C=O) groups excluding carboxylic acids is 1. The number of para-hydroxylation sites is 1. The minimum Gasteiger partial charge on any atom is -0.300 e. The van der Waals surface area contributed by atoms with Gasteiger partial charge >= 0.3 is 0 Å². The molecule has 2 aromatic heterocycles. The van der Waals surface area contributed by atoms with E-state index in [1.165, 1.54) is 11.3 Å². The van der Waals surface area contributed by atoms with Crippen molar-refractivity contribution < 1.29 is 4.79 Å². The third-order valence-electron chi connectivity index (χ3n) is 2.99. The second kappa shape index (κ2) is 5.42. The van der Waals surface area contributed by atoms with Crippen molar-refractivity contribution in [1.82, 2.24) is 14.8 Å². The molecule has 20 heavy (non-hydrogen) atoms. The van der Waals surface area contributed by atoms with Crippen molar-refractivity contribution >= 4 is 33.3 Å². The molecule has 1 amide bonds. The predicted molar refractivity (Wildman–Crippen MR) is 79.9 cm³/mol. The zero-order valence-corrected chi connectivity index (χ0v) is 11.9. The Morgan fingerprint density at radius 3 is 3.00 bits per heavy atom. The predicted octanol–water partition coefficient (Wildman–Crippen LogP) is 2.69. The molecule has 0 saturated carbocycles. The number of amides is 1. The van der Waals surface area contributed by atoms with Gasteiger partial charge in [-0.05, 0) is 12.5 Å². The molecule has 0 aliphatic carbocycles. The molecule has 0 aliphatic heterocycles. The summed E-state index contributed by atoms with van der Waals surface area (Å²) >= 11 is 1.50. The highest BCUT2D eigenvalue weighted by atomic mass is 32.1. The number of hydrogen-bond donors (Lipinski definition) is 1. The maximum atomic E-state index is 12.0. The number of fused-ring (bicyclic) bond motifs is 1. The molecule has 0 atom stereocenters. The molecule has 5 nitrogen and oxygen atoms in total. The standard InChI is InChI=1S/C14H14N4OS/c1-2-11-8-15-14(20-11)17-13(19)9-18-12-6-4-3-5-10(12)7-16-18/h3-8H,2,9H2,1H3,(H,15,17,19). The van der Waals surface area contributed by atoms with E-state index in [-0.39, 0.29) is 12.5 Å². The van der Waals surface area contributed by atoms with Crippen LogP contribution in [-0.2, 0) is 17.8 Å². The van der Waals surface area contributed by atoms with Gasteiger partial charge in [-0.1, -0.05) is 25.1 Å². The van der Waals surface area contributed by atoms with Crippen molar-refractivity contribution in [1.29, 1.82) is 0 Å². The van der Waals surface area contributed by atoms with Gasteiger partial charge in [-0.15, -0.1) is 11.3 Å². The summed E-state index contributed by atoms with van der Waals surface area (Å²) in [4.78, 5) is 17.3. The largest absolute Gasteiger partial charge is 0.300 e. The first-order chi connectivity index (χ1) is 9.76. The first-order valence-electron chi connectivity index (χ1n) is 6.41. The van der Waals surface area contributed by atoms with Crippen molar-refractivity contribution in [2.45, 2.75) is 19.9 Å². The second-order valence-electron chi connectivity index (χ2n) is 4.39. The van der Waals surface area contributed by atoms with Crippen LogP contribution in [0.1, 0.15) is 11.8 Å². The summed E-state index contributed by atoms with van der Waals surface area (Å²) in [5.41, 5.74) is 0.955. The Kier molecular flexibility index (Phi) is 3.47. The van der Waals surface area contributed by atoms with Crippen molar-refractivity contribution in [2.75, 3.05) is 5.32 Å². The fourth-order valence-corrected chi connectivity index (χ4v) is 2.74. The van der Waals surface area contributed by atoms with Crippen LogP contribution in [0.25, 0.3) is 10.9 Å². The quantitative estimate of drug-likeness (QED) is 0.802. The Morgan fingerprint density at radius 1 is 1.35 bits per heavy atom. The molecule has 2 heterocycles. The Hall–Kier alpha value is -2.21. The summed E-state index contributed by atoms with van der Waals surface area (Å²) in [5.74, 6) is -0.115. The number of hydrogen-bond acceptors (Lipinski definition) is 4. The van der Waals surface area contributed by atoms with E-state index in [1.807, 2.05) is 24.3 Å². The van der Waals surface area contributed by atoms with Gasteiger partial charge in [-0.25, -0.2) is 4.98 Å². The van der Waals surface area contributed by atoms with Crippen LogP contribution < -0.4 is 5.32 Å². The number of nitrogens with zero attached hydrogens (tertiary/aromatic N) is 3. The summed E-state index contributed by atoms with van der Waals surface area (Å²) in [6, 6.07) is 7.82. The van der Waals surface area contributed by atoms with Crippen LogP contribution in [0.3, 0.4) is 0 Å². The van der Waals surface area contributed by atoms with Gasteiger partial charge in [0.25, 0.3) is 0 Å².